The number of rotatable bonds is 4. The average Bonchev–Trinajstić information content (AvgIpc) is 2.92. The zero-order chi connectivity index (χ0) is 15.7. The maximum Gasteiger partial charge on any atom is 0.280 e. The van der Waals surface area contributed by atoms with Crippen LogP contribution in [0.3, 0.4) is 0 Å². The van der Waals surface area contributed by atoms with Crippen molar-refractivity contribution in [2.75, 3.05) is 0 Å². The van der Waals surface area contributed by atoms with Crippen LogP contribution >= 0.6 is 0 Å². The molecule has 3 heterocycles. The number of pyridine rings is 1. The Morgan fingerprint density at radius 3 is 2.73 bits per heavy atom. The van der Waals surface area contributed by atoms with Crippen molar-refractivity contribution in [3.63, 3.8) is 0 Å². The van der Waals surface area contributed by atoms with E-state index in [1.165, 1.54) is 6.33 Å². The van der Waals surface area contributed by atoms with E-state index in [2.05, 4.69) is 33.9 Å². The van der Waals surface area contributed by atoms with Crippen molar-refractivity contribution >= 4 is 11.0 Å². The Balaban J connectivity index is 2.18. The number of aryl methyl sites for hydroxylation is 1. The third-order valence-electron chi connectivity index (χ3n) is 3.62. The smallest absolute Gasteiger partial charge is 0.280 e. The van der Waals surface area contributed by atoms with Gasteiger partial charge in [-0.2, -0.15) is 5.10 Å². The first kappa shape index (κ1) is 14.4. The Kier molecular flexibility index (Phi) is 3.70. The molecular weight excluding hydrogens is 280 g/mol. The first-order valence-electron chi connectivity index (χ1n) is 7.23. The molecule has 0 radical (unpaired) electrons. The number of hydrogen-bond acceptors (Lipinski definition) is 5. The van der Waals surface area contributed by atoms with Crippen molar-refractivity contribution in [2.45, 2.75) is 26.3 Å². The highest BCUT2D eigenvalue weighted by Gasteiger charge is 2.22. The normalized spacial score (nSPS) is 12.9. The van der Waals surface area contributed by atoms with Crippen molar-refractivity contribution in [3.8, 4) is 0 Å². The summed E-state index contributed by atoms with van der Waals surface area (Å²) in [4.78, 5) is 25.6. The molecule has 0 spiro atoms. The molecule has 3 rings (SSSR count). The Labute approximate surface area is 127 Å². The van der Waals surface area contributed by atoms with Gasteiger partial charge in [-0.25, -0.2) is 15.0 Å². The fourth-order valence-corrected chi connectivity index (χ4v) is 2.58. The topological polar surface area (TPSA) is 78.5 Å². The van der Waals surface area contributed by atoms with Crippen LogP contribution in [0.5, 0.6) is 0 Å². The molecule has 3 aromatic heterocycles. The molecule has 0 fully saturated rings. The maximum absolute atomic E-state index is 12.8. The predicted molar refractivity (Wildman–Crippen MR) is 82.4 cm³/mol. The fraction of sp³-hybridized carbons (Fsp3) is 0.400. The summed E-state index contributed by atoms with van der Waals surface area (Å²) in [5.41, 5.74) is 0.824. The predicted octanol–water partition coefficient (Wildman–Crippen LogP) is 1.56. The van der Waals surface area contributed by atoms with Crippen LogP contribution in [0, 0.1) is 5.92 Å². The molecular formula is C15H18N6O. The van der Waals surface area contributed by atoms with E-state index in [9.17, 15) is 4.79 Å². The van der Waals surface area contributed by atoms with Gasteiger partial charge in [0.2, 0.25) is 0 Å². The highest BCUT2D eigenvalue weighted by Crippen LogP contribution is 2.22. The zero-order valence-electron chi connectivity index (χ0n) is 12.8. The third kappa shape index (κ3) is 2.49. The van der Waals surface area contributed by atoms with Gasteiger partial charge in [0, 0.05) is 13.2 Å². The number of hydrogen-bond donors (Lipinski definition) is 0. The number of fused-ring (bicyclic) bond motifs is 1. The molecule has 7 heteroatoms. The molecule has 3 aromatic rings. The van der Waals surface area contributed by atoms with Crippen LogP contribution < -0.4 is 5.56 Å². The van der Waals surface area contributed by atoms with Crippen LogP contribution in [0.4, 0.5) is 0 Å². The summed E-state index contributed by atoms with van der Waals surface area (Å²) < 4.78 is 3.31. The van der Waals surface area contributed by atoms with Gasteiger partial charge in [0.15, 0.2) is 5.52 Å². The van der Waals surface area contributed by atoms with Crippen molar-refractivity contribution < 1.29 is 0 Å². The lowest BCUT2D eigenvalue weighted by Gasteiger charge is -2.20. The van der Waals surface area contributed by atoms with Crippen molar-refractivity contribution in [2.24, 2.45) is 13.0 Å². The molecule has 0 aliphatic rings. The first-order chi connectivity index (χ1) is 10.6. The van der Waals surface area contributed by atoms with Gasteiger partial charge in [-0.3, -0.25) is 14.0 Å². The minimum atomic E-state index is -0.209. The lowest BCUT2D eigenvalue weighted by atomic mass is 10.0. The molecule has 0 saturated heterocycles. The van der Waals surface area contributed by atoms with Gasteiger partial charge in [0.1, 0.15) is 12.2 Å². The SMILES string of the molecule is CC(C)C[C@H](c1ncnn1C)n1cnc2cccnc2c1=O. The van der Waals surface area contributed by atoms with E-state index in [4.69, 9.17) is 0 Å². The molecule has 0 N–H and O–H groups in total. The van der Waals surface area contributed by atoms with Gasteiger partial charge in [-0.15, -0.1) is 0 Å². The molecule has 1 atom stereocenters. The molecule has 0 aromatic carbocycles. The van der Waals surface area contributed by atoms with Crippen molar-refractivity contribution in [1.82, 2.24) is 29.3 Å². The zero-order valence-corrected chi connectivity index (χ0v) is 12.8. The Bertz CT molecular complexity index is 850. The summed E-state index contributed by atoms with van der Waals surface area (Å²) in [6.45, 7) is 4.22. The lowest BCUT2D eigenvalue weighted by molar-refractivity contribution is 0.411. The third-order valence-corrected chi connectivity index (χ3v) is 3.62. The molecule has 0 saturated carbocycles. The average molecular weight is 298 g/mol. The summed E-state index contributed by atoms with van der Waals surface area (Å²) in [6, 6.07) is 3.35. The van der Waals surface area contributed by atoms with Crippen LogP contribution in [0.25, 0.3) is 11.0 Å². The second kappa shape index (κ2) is 5.67. The highest BCUT2D eigenvalue weighted by atomic mass is 16.1. The largest absolute Gasteiger partial charge is 0.286 e. The first-order valence-corrected chi connectivity index (χ1v) is 7.23. The molecule has 0 bridgehead atoms. The van der Waals surface area contributed by atoms with Crippen LogP contribution in [-0.4, -0.2) is 29.3 Å². The van der Waals surface area contributed by atoms with E-state index in [0.29, 0.717) is 17.0 Å². The van der Waals surface area contributed by atoms with E-state index in [-0.39, 0.29) is 11.6 Å². The quantitative estimate of drug-likeness (QED) is 0.730. The molecule has 0 aliphatic heterocycles. The Morgan fingerprint density at radius 2 is 2.05 bits per heavy atom. The van der Waals surface area contributed by atoms with E-state index in [1.54, 1.807) is 33.9 Å². The van der Waals surface area contributed by atoms with Gasteiger partial charge >= 0.3 is 0 Å². The van der Waals surface area contributed by atoms with Crippen LogP contribution in [0.15, 0.2) is 35.8 Å². The number of aromatic nitrogens is 6. The summed E-state index contributed by atoms with van der Waals surface area (Å²) in [5.74, 6) is 1.14. The van der Waals surface area contributed by atoms with Gasteiger partial charge in [0.25, 0.3) is 5.56 Å². The lowest BCUT2D eigenvalue weighted by Crippen LogP contribution is -2.29. The Morgan fingerprint density at radius 1 is 1.23 bits per heavy atom. The van der Waals surface area contributed by atoms with Gasteiger partial charge in [-0.05, 0) is 24.5 Å². The molecule has 7 nitrogen and oxygen atoms in total. The maximum atomic E-state index is 12.8. The van der Waals surface area contributed by atoms with E-state index < -0.39 is 0 Å². The second-order valence-corrected chi connectivity index (χ2v) is 5.72. The minimum absolute atomic E-state index is 0.153. The molecule has 0 amide bonds. The second-order valence-electron chi connectivity index (χ2n) is 5.72. The van der Waals surface area contributed by atoms with Gasteiger partial charge in [-0.1, -0.05) is 13.8 Å². The molecule has 114 valence electrons. The molecule has 0 aliphatic carbocycles. The summed E-state index contributed by atoms with van der Waals surface area (Å²) in [7, 11) is 1.83. The molecule has 22 heavy (non-hydrogen) atoms. The molecule has 0 unspecified atom stereocenters. The van der Waals surface area contributed by atoms with Gasteiger partial charge < -0.3 is 0 Å². The van der Waals surface area contributed by atoms with E-state index >= 15 is 0 Å². The fourth-order valence-electron chi connectivity index (χ4n) is 2.58. The van der Waals surface area contributed by atoms with Crippen LogP contribution in [0.2, 0.25) is 0 Å². The van der Waals surface area contributed by atoms with Gasteiger partial charge in [0.05, 0.1) is 17.9 Å². The van der Waals surface area contributed by atoms with E-state index in [1.807, 2.05) is 7.05 Å². The Hall–Kier alpha value is -2.57. The minimum Gasteiger partial charge on any atom is -0.286 e. The van der Waals surface area contributed by atoms with Crippen molar-refractivity contribution in [3.05, 3.63) is 47.2 Å². The summed E-state index contributed by atoms with van der Waals surface area (Å²) >= 11 is 0. The summed E-state index contributed by atoms with van der Waals surface area (Å²) in [5, 5.41) is 4.12. The summed E-state index contributed by atoms with van der Waals surface area (Å²) in [6.07, 6.45) is 5.45. The number of nitrogens with zero attached hydrogens (tertiary/aromatic N) is 6. The van der Waals surface area contributed by atoms with Crippen LogP contribution in [0.1, 0.15) is 32.1 Å². The standard InChI is InChI=1S/C15H18N6O/c1-10(2)7-12(14-17-8-19-20(14)3)21-9-18-11-5-4-6-16-13(11)15(21)22/h4-6,8-10,12H,7H2,1-3H3/t12-/m1/s1. The monoisotopic (exact) mass is 298 g/mol. The van der Waals surface area contributed by atoms with Crippen LogP contribution in [-0.2, 0) is 7.05 Å². The van der Waals surface area contributed by atoms with E-state index in [0.717, 1.165) is 12.2 Å². The highest BCUT2D eigenvalue weighted by molar-refractivity contribution is 5.71. The van der Waals surface area contributed by atoms with Crippen molar-refractivity contribution in [1.29, 1.82) is 0 Å².